The number of benzene rings is 1. The Hall–Kier alpha value is -3.24. The van der Waals surface area contributed by atoms with E-state index in [2.05, 4.69) is 38.3 Å². The third-order valence-corrected chi connectivity index (χ3v) is 5.05. The van der Waals surface area contributed by atoms with Gasteiger partial charge in [0.05, 0.1) is 11.0 Å². The van der Waals surface area contributed by atoms with Crippen molar-refractivity contribution < 1.29 is 9.84 Å². The lowest BCUT2D eigenvalue weighted by Crippen LogP contribution is -2.49. The summed E-state index contributed by atoms with van der Waals surface area (Å²) in [6.07, 6.45) is 10.3. The lowest BCUT2D eigenvalue weighted by molar-refractivity contribution is -0.0625. The third kappa shape index (κ3) is 3.04. The molecule has 0 saturated heterocycles. The topological polar surface area (TPSA) is 93.1 Å². The van der Waals surface area contributed by atoms with Crippen LogP contribution < -0.4 is 5.32 Å². The first-order chi connectivity index (χ1) is 13.0. The quantitative estimate of drug-likeness (QED) is 0.690. The number of terminal acetylenes is 1. The van der Waals surface area contributed by atoms with Crippen LogP contribution in [0.1, 0.15) is 25.3 Å². The SMILES string of the molecule is C#Cc1ccc(-c2nnc(NC3CC(C)(OC)C3)c3ncncc23)c(O)c1. The molecule has 0 radical (unpaired) electrons. The molecule has 1 aromatic carbocycles. The maximum atomic E-state index is 10.3. The van der Waals surface area contributed by atoms with E-state index in [9.17, 15) is 5.11 Å². The van der Waals surface area contributed by atoms with E-state index >= 15 is 0 Å². The maximum absolute atomic E-state index is 10.3. The Morgan fingerprint density at radius 2 is 2.15 bits per heavy atom. The first kappa shape index (κ1) is 17.2. The molecule has 2 N–H and O–H groups in total. The number of nitrogens with zero attached hydrogens (tertiary/aromatic N) is 4. The van der Waals surface area contributed by atoms with E-state index in [4.69, 9.17) is 11.2 Å². The molecule has 0 unspecified atom stereocenters. The summed E-state index contributed by atoms with van der Waals surface area (Å²) in [5.41, 5.74) is 2.19. The normalized spacial score (nSPS) is 21.4. The highest BCUT2D eigenvalue weighted by Gasteiger charge is 2.40. The fourth-order valence-corrected chi connectivity index (χ4v) is 3.46. The highest BCUT2D eigenvalue weighted by atomic mass is 16.5. The average molecular weight is 361 g/mol. The highest BCUT2D eigenvalue weighted by Crippen LogP contribution is 2.38. The molecule has 136 valence electrons. The molecule has 27 heavy (non-hydrogen) atoms. The number of aromatic hydroxyl groups is 1. The van der Waals surface area contributed by atoms with Crippen LogP contribution in [0.5, 0.6) is 5.75 Å². The summed E-state index contributed by atoms with van der Waals surface area (Å²) in [6.45, 7) is 2.09. The number of phenols is 1. The second kappa shape index (κ2) is 6.49. The molecule has 7 heteroatoms. The summed E-state index contributed by atoms with van der Waals surface area (Å²) < 4.78 is 5.49. The number of aromatic nitrogens is 4. The van der Waals surface area contributed by atoms with Crippen LogP contribution >= 0.6 is 0 Å². The van der Waals surface area contributed by atoms with E-state index in [0.29, 0.717) is 33.5 Å². The largest absolute Gasteiger partial charge is 0.507 e. The Balaban J connectivity index is 1.72. The average Bonchev–Trinajstić information content (AvgIpc) is 2.67. The zero-order chi connectivity index (χ0) is 19.0. The molecule has 2 aromatic heterocycles. The molecular formula is C20H19N5O2. The highest BCUT2D eigenvalue weighted by molar-refractivity contribution is 5.98. The molecule has 1 saturated carbocycles. The van der Waals surface area contributed by atoms with Crippen molar-refractivity contribution in [1.29, 1.82) is 0 Å². The van der Waals surface area contributed by atoms with E-state index < -0.39 is 0 Å². The summed E-state index contributed by atoms with van der Waals surface area (Å²) >= 11 is 0. The molecule has 4 rings (SSSR count). The lowest BCUT2D eigenvalue weighted by atomic mass is 9.77. The van der Waals surface area contributed by atoms with Crippen LogP contribution in [0.4, 0.5) is 5.82 Å². The van der Waals surface area contributed by atoms with Gasteiger partial charge in [0.15, 0.2) is 5.82 Å². The number of rotatable bonds is 4. The first-order valence-corrected chi connectivity index (χ1v) is 8.61. The molecule has 1 aliphatic carbocycles. The van der Waals surface area contributed by atoms with E-state index in [0.717, 1.165) is 12.8 Å². The minimum atomic E-state index is -0.0968. The number of ether oxygens (including phenoxy) is 1. The van der Waals surface area contributed by atoms with Gasteiger partial charge in [-0.2, -0.15) is 0 Å². The molecule has 0 spiro atoms. The van der Waals surface area contributed by atoms with Gasteiger partial charge in [0, 0.05) is 30.5 Å². The van der Waals surface area contributed by atoms with Crippen LogP contribution in [-0.2, 0) is 4.74 Å². The van der Waals surface area contributed by atoms with E-state index in [-0.39, 0.29) is 17.4 Å². The minimum absolute atomic E-state index is 0.0421. The van der Waals surface area contributed by atoms with Crippen molar-refractivity contribution in [2.24, 2.45) is 0 Å². The first-order valence-electron chi connectivity index (χ1n) is 8.61. The zero-order valence-electron chi connectivity index (χ0n) is 15.1. The smallest absolute Gasteiger partial charge is 0.175 e. The molecule has 1 aliphatic rings. The molecule has 0 bridgehead atoms. The van der Waals surface area contributed by atoms with E-state index in [1.54, 1.807) is 25.4 Å². The number of nitrogens with one attached hydrogen (secondary N) is 1. The number of hydrogen-bond donors (Lipinski definition) is 2. The van der Waals surface area contributed by atoms with Gasteiger partial charge in [-0.25, -0.2) is 9.97 Å². The van der Waals surface area contributed by atoms with Crippen molar-refractivity contribution >= 4 is 16.7 Å². The Morgan fingerprint density at radius 1 is 1.33 bits per heavy atom. The van der Waals surface area contributed by atoms with Crippen molar-refractivity contribution in [2.45, 2.75) is 31.4 Å². The Bertz CT molecular complexity index is 1050. The summed E-state index contributed by atoms with van der Waals surface area (Å²) in [5.74, 6) is 3.14. The van der Waals surface area contributed by atoms with Gasteiger partial charge in [0.25, 0.3) is 0 Å². The zero-order valence-corrected chi connectivity index (χ0v) is 15.1. The molecule has 1 fully saturated rings. The van der Waals surface area contributed by atoms with Crippen molar-refractivity contribution in [3.05, 3.63) is 36.3 Å². The Morgan fingerprint density at radius 3 is 2.85 bits per heavy atom. The molecule has 0 aliphatic heterocycles. The number of hydrogen-bond acceptors (Lipinski definition) is 7. The van der Waals surface area contributed by atoms with Crippen molar-refractivity contribution in [3.63, 3.8) is 0 Å². The molecule has 0 atom stereocenters. The second-order valence-corrected chi connectivity index (χ2v) is 6.96. The van der Waals surface area contributed by atoms with Gasteiger partial charge in [-0.1, -0.05) is 5.92 Å². The summed E-state index contributed by atoms with van der Waals surface area (Å²) in [6, 6.07) is 5.25. The fourth-order valence-electron chi connectivity index (χ4n) is 3.46. The van der Waals surface area contributed by atoms with Crippen LogP contribution in [0.2, 0.25) is 0 Å². The lowest BCUT2D eigenvalue weighted by Gasteiger charge is -2.44. The van der Waals surface area contributed by atoms with Crippen LogP contribution in [-0.4, -0.2) is 44.0 Å². The number of fused-ring (bicyclic) bond motifs is 1. The molecule has 2 heterocycles. The van der Waals surface area contributed by atoms with E-state index in [1.807, 2.05) is 0 Å². The van der Waals surface area contributed by atoms with Gasteiger partial charge < -0.3 is 15.2 Å². The van der Waals surface area contributed by atoms with Crippen LogP contribution in [0.25, 0.3) is 22.2 Å². The fraction of sp³-hybridized carbons (Fsp3) is 0.300. The Labute approximate surface area is 156 Å². The molecule has 3 aromatic rings. The molecule has 7 nitrogen and oxygen atoms in total. The summed E-state index contributed by atoms with van der Waals surface area (Å²) in [7, 11) is 1.73. The van der Waals surface area contributed by atoms with Crippen LogP contribution in [0.15, 0.2) is 30.7 Å². The standard InChI is InChI=1S/C20H19N5O2/c1-4-12-5-6-14(16(26)7-12)17-15-10-21-11-22-18(15)19(25-24-17)23-13-8-20(2,9-13)27-3/h1,5-7,10-11,13,26H,8-9H2,2-3H3,(H,23,25). The minimum Gasteiger partial charge on any atom is -0.507 e. The third-order valence-electron chi connectivity index (χ3n) is 5.05. The van der Waals surface area contributed by atoms with Crippen molar-refractivity contribution in [3.8, 4) is 29.4 Å². The summed E-state index contributed by atoms with van der Waals surface area (Å²) in [4.78, 5) is 8.49. The number of methoxy groups -OCH3 is 1. The summed E-state index contributed by atoms with van der Waals surface area (Å²) in [5, 5.41) is 23.1. The Kier molecular flexibility index (Phi) is 4.13. The number of phenolic OH excluding ortho intramolecular Hbond substituents is 1. The monoisotopic (exact) mass is 361 g/mol. The van der Waals surface area contributed by atoms with Crippen molar-refractivity contribution in [1.82, 2.24) is 20.2 Å². The van der Waals surface area contributed by atoms with Gasteiger partial charge in [0.1, 0.15) is 23.3 Å². The van der Waals surface area contributed by atoms with Gasteiger partial charge in [-0.3, -0.25) is 0 Å². The maximum Gasteiger partial charge on any atom is 0.175 e. The van der Waals surface area contributed by atoms with Crippen LogP contribution in [0, 0.1) is 12.3 Å². The second-order valence-electron chi connectivity index (χ2n) is 6.96. The van der Waals surface area contributed by atoms with Gasteiger partial charge in [-0.15, -0.1) is 16.6 Å². The molecular weight excluding hydrogens is 342 g/mol. The predicted molar refractivity (Wildman–Crippen MR) is 102 cm³/mol. The van der Waals surface area contributed by atoms with Crippen molar-refractivity contribution in [2.75, 3.05) is 12.4 Å². The van der Waals surface area contributed by atoms with Crippen LogP contribution in [0.3, 0.4) is 0 Å². The van der Waals surface area contributed by atoms with Gasteiger partial charge in [-0.05, 0) is 38.0 Å². The number of anilines is 1. The van der Waals surface area contributed by atoms with Gasteiger partial charge >= 0.3 is 0 Å². The predicted octanol–water partition coefficient (Wildman–Crippen LogP) is 2.75. The molecule has 0 amide bonds. The van der Waals surface area contributed by atoms with Gasteiger partial charge in [0.2, 0.25) is 0 Å². The van der Waals surface area contributed by atoms with E-state index in [1.165, 1.54) is 12.4 Å².